The highest BCUT2D eigenvalue weighted by molar-refractivity contribution is 5.56. The Kier molecular flexibility index (Phi) is 4.75. The van der Waals surface area contributed by atoms with Crippen molar-refractivity contribution >= 4 is 5.69 Å². The van der Waals surface area contributed by atoms with Gasteiger partial charge in [-0.3, -0.25) is 0 Å². The largest absolute Gasteiger partial charge is 0.573 e. The first-order valence-electron chi connectivity index (χ1n) is 6.71. The average Bonchev–Trinajstić information content (AvgIpc) is 2.40. The highest BCUT2D eigenvalue weighted by atomic mass is 19.4. The number of nitrogens with one attached hydrogen (secondary N) is 1. The van der Waals surface area contributed by atoms with Crippen LogP contribution in [0.15, 0.2) is 24.3 Å². The summed E-state index contributed by atoms with van der Waals surface area (Å²) in [6.45, 7) is 2.66. The van der Waals surface area contributed by atoms with E-state index in [0.717, 1.165) is 19.3 Å². The Balaban J connectivity index is 2.05. The zero-order valence-electron chi connectivity index (χ0n) is 11.2. The second kappa shape index (κ2) is 6.35. The second-order valence-electron chi connectivity index (χ2n) is 4.81. The fourth-order valence-electron chi connectivity index (χ4n) is 2.32. The van der Waals surface area contributed by atoms with Crippen molar-refractivity contribution in [2.75, 3.05) is 11.9 Å². The minimum Gasteiger partial charge on any atom is -0.404 e. The highest BCUT2D eigenvalue weighted by Gasteiger charge is 2.32. The van der Waals surface area contributed by atoms with Crippen molar-refractivity contribution in [1.82, 2.24) is 0 Å². The Bertz CT molecular complexity index is 437. The molecular formula is C14H18F3NO2. The Morgan fingerprint density at radius 2 is 2.10 bits per heavy atom. The van der Waals surface area contributed by atoms with Gasteiger partial charge in [-0.25, -0.2) is 0 Å². The lowest BCUT2D eigenvalue weighted by Crippen LogP contribution is -2.34. The Labute approximate surface area is 116 Å². The van der Waals surface area contributed by atoms with E-state index in [0.29, 0.717) is 12.3 Å². The van der Waals surface area contributed by atoms with Crippen molar-refractivity contribution in [3.8, 4) is 5.75 Å². The van der Waals surface area contributed by atoms with Gasteiger partial charge in [0.2, 0.25) is 0 Å². The van der Waals surface area contributed by atoms with Crippen LogP contribution in [0.2, 0.25) is 0 Å². The van der Waals surface area contributed by atoms with Gasteiger partial charge in [-0.15, -0.1) is 13.2 Å². The maximum atomic E-state index is 12.3. The quantitative estimate of drug-likeness (QED) is 0.910. The Hall–Kier alpha value is -1.43. The molecule has 2 unspecified atom stereocenters. The molecule has 0 saturated carbocycles. The molecule has 1 saturated heterocycles. The zero-order valence-corrected chi connectivity index (χ0v) is 11.2. The molecule has 20 heavy (non-hydrogen) atoms. The van der Waals surface area contributed by atoms with Gasteiger partial charge >= 0.3 is 6.36 Å². The van der Waals surface area contributed by atoms with E-state index in [-0.39, 0.29) is 17.9 Å². The monoisotopic (exact) mass is 289 g/mol. The summed E-state index contributed by atoms with van der Waals surface area (Å²) < 4.78 is 46.6. The number of anilines is 1. The van der Waals surface area contributed by atoms with Gasteiger partial charge in [0.15, 0.2) is 5.75 Å². The van der Waals surface area contributed by atoms with Crippen molar-refractivity contribution < 1.29 is 22.6 Å². The van der Waals surface area contributed by atoms with Gasteiger partial charge in [0.05, 0.1) is 11.8 Å². The van der Waals surface area contributed by atoms with Crippen LogP contribution in [0.4, 0.5) is 18.9 Å². The van der Waals surface area contributed by atoms with Gasteiger partial charge < -0.3 is 14.8 Å². The molecule has 6 heteroatoms. The molecule has 0 bridgehead atoms. The molecule has 0 amide bonds. The number of benzene rings is 1. The van der Waals surface area contributed by atoms with E-state index in [1.165, 1.54) is 12.1 Å². The van der Waals surface area contributed by atoms with Crippen LogP contribution in [0, 0.1) is 0 Å². The zero-order chi connectivity index (χ0) is 14.6. The third kappa shape index (κ3) is 4.30. The summed E-state index contributed by atoms with van der Waals surface area (Å²) in [5.74, 6) is -0.195. The minimum atomic E-state index is -4.68. The van der Waals surface area contributed by atoms with Crippen LogP contribution in [0.1, 0.15) is 26.2 Å². The van der Waals surface area contributed by atoms with Gasteiger partial charge in [-0.05, 0) is 31.4 Å². The molecular weight excluding hydrogens is 271 g/mol. The lowest BCUT2D eigenvalue weighted by molar-refractivity contribution is -0.274. The summed E-state index contributed by atoms with van der Waals surface area (Å²) in [4.78, 5) is 0. The van der Waals surface area contributed by atoms with Crippen LogP contribution in [0.3, 0.4) is 0 Å². The van der Waals surface area contributed by atoms with Crippen LogP contribution >= 0.6 is 0 Å². The maximum absolute atomic E-state index is 12.3. The SMILES string of the molecule is CCC1CC(Nc2ccccc2OC(F)(F)F)CCO1. The minimum absolute atomic E-state index is 0.103. The number of halogens is 3. The molecule has 1 N–H and O–H groups in total. The van der Waals surface area contributed by atoms with Crippen LogP contribution in [0.5, 0.6) is 5.75 Å². The smallest absolute Gasteiger partial charge is 0.404 e. The van der Waals surface area contributed by atoms with Crippen LogP contribution in [0.25, 0.3) is 0 Å². The predicted molar refractivity (Wildman–Crippen MR) is 69.8 cm³/mol. The van der Waals surface area contributed by atoms with Crippen molar-refractivity contribution in [1.29, 1.82) is 0 Å². The third-order valence-corrected chi connectivity index (χ3v) is 3.29. The average molecular weight is 289 g/mol. The van der Waals surface area contributed by atoms with E-state index in [1.54, 1.807) is 12.1 Å². The maximum Gasteiger partial charge on any atom is 0.573 e. The van der Waals surface area contributed by atoms with Gasteiger partial charge in [0.25, 0.3) is 0 Å². The second-order valence-corrected chi connectivity index (χ2v) is 4.81. The lowest BCUT2D eigenvalue weighted by Gasteiger charge is -2.30. The number of alkyl halides is 3. The third-order valence-electron chi connectivity index (χ3n) is 3.29. The van der Waals surface area contributed by atoms with E-state index in [2.05, 4.69) is 10.1 Å². The van der Waals surface area contributed by atoms with Gasteiger partial charge in [-0.1, -0.05) is 19.1 Å². The van der Waals surface area contributed by atoms with E-state index in [9.17, 15) is 13.2 Å². The normalized spacial score (nSPS) is 23.4. The van der Waals surface area contributed by atoms with Gasteiger partial charge in [-0.2, -0.15) is 0 Å². The molecule has 1 fully saturated rings. The van der Waals surface area contributed by atoms with Crippen LogP contribution in [-0.4, -0.2) is 25.1 Å². The molecule has 112 valence electrons. The molecule has 0 radical (unpaired) electrons. The fraction of sp³-hybridized carbons (Fsp3) is 0.571. The predicted octanol–water partition coefficient (Wildman–Crippen LogP) is 3.95. The number of hydrogen-bond acceptors (Lipinski definition) is 3. The van der Waals surface area contributed by atoms with Crippen molar-refractivity contribution in [3.63, 3.8) is 0 Å². The Morgan fingerprint density at radius 3 is 2.80 bits per heavy atom. The first-order valence-corrected chi connectivity index (χ1v) is 6.71. The van der Waals surface area contributed by atoms with Crippen LogP contribution < -0.4 is 10.1 Å². The van der Waals surface area contributed by atoms with Crippen molar-refractivity contribution in [2.45, 2.75) is 44.7 Å². The van der Waals surface area contributed by atoms with Crippen molar-refractivity contribution in [3.05, 3.63) is 24.3 Å². The topological polar surface area (TPSA) is 30.5 Å². The standard InChI is InChI=1S/C14H18F3NO2/c1-2-11-9-10(7-8-19-11)18-12-5-3-4-6-13(12)20-14(15,16)17/h3-6,10-11,18H,2,7-9H2,1H3. The van der Waals surface area contributed by atoms with Gasteiger partial charge in [0, 0.05) is 12.6 Å². The van der Waals surface area contributed by atoms with Crippen LogP contribution in [-0.2, 0) is 4.74 Å². The highest BCUT2D eigenvalue weighted by Crippen LogP contribution is 2.31. The summed E-state index contributed by atoms with van der Waals surface area (Å²) >= 11 is 0. The van der Waals surface area contributed by atoms with Crippen molar-refractivity contribution in [2.24, 2.45) is 0 Å². The summed E-state index contributed by atoms with van der Waals surface area (Å²) in [6.07, 6.45) is -2.05. The Morgan fingerprint density at radius 1 is 1.35 bits per heavy atom. The van der Waals surface area contributed by atoms with Gasteiger partial charge in [0.1, 0.15) is 0 Å². The molecule has 1 aliphatic heterocycles. The molecule has 2 atom stereocenters. The summed E-state index contributed by atoms with van der Waals surface area (Å²) in [7, 11) is 0. The molecule has 1 heterocycles. The molecule has 3 nitrogen and oxygen atoms in total. The fourth-order valence-corrected chi connectivity index (χ4v) is 2.32. The number of ether oxygens (including phenoxy) is 2. The molecule has 0 aliphatic carbocycles. The molecule has 1 aromatic carbocycles. The molecule has 2 rings (SSSR count). The lowest BCUT2D eigenvalue weighted by atomic mass is 10.0. The molecule has 0 aromatic heterocycles. The first kappa shape index (κ1) is 15.0. The first-order chi connectivity index (χ1) is 9.48. The number of hydrogen-bond donors (Lipinski definition) is 1. The van der Waals surface area contributed by atoms with E-state index < -0.39 is 6.36 Å². The van der Waals surface area contributed by atoms with E-state index in [1.807, 2.05) is 6.92 Å². The number of para-hydroxylation sites is 2. The van der Waals surface area contributed by atoms with E-state index >= 15 is 0 Å². The number of rotatable bonds is 4. The summed E-state index contributed by atoms with van der Waals surface area (Å²) in [5, 5.41) is 3.13. The molecule has 1 aliphatic rings. The summed E-state index contributed by atoms with van der Waals surface area (Å²) in [6, 6.07) is 6.21. The van der Waals surface area contributed by atoms with E-state index in [4.69, 9.17) is 4.74 Å². The summed E-state index contributed by atoms with van der Waals surface area (Å²) in [5.41, 5.74) is 0.367. The molecule has 0 spiro atoms. The molecule has 1 aromatic rings.